The van der Waals surface area contributed by atoms with Crippen LogP contribution in [0, 0.1) is 11.3 Å². The topological polar surface area (TPSA) is 70.0 Å². The fourth-order valence-electron chi connectivity index (χ4n) is 1.06. The molecule has 1 rings (SSSR count). The average Bonchev–Trinajstić information content (AvgIpc) is 2.04. The van der Waals surface area contributed by atoms with E-state index in [-0.39, 0.29) is 6.61 Å². The van der Waals surface area contributed by atoms with Gasteiger partial charge in [-0.2, -0.15) is 5.26 Å². The summed E-state index contributed by atoms with van der Waals surface area (Å²) >= 11 is 0. The normalized spacial score (nSPS) is 9.33. The number of nitrogens with zero attached hydrogens (tertiary/aromatic N) is 1. The minimum absolute atomic E-state index is 0.0777. The minimum atomic E-state index is 0.0777. The molecule has 0 radical (unpaired) electrons. The van der Waals surface area contributed by atoms with Gasteiger partial charge in [-0.05, 0) is 30.2 Å². The van der Waals surface area contributed by atoms with Gasteiger partial charge in [-0.3, -0.25) is 0 Å². The first-order chi connectivity index (χ1) is 5.76. The van der Waals surface area contributed by atoms with E-state index < -0.39 is 0 Å². The van der Waals surface area contributed by atoms with Crippen LogP contribution in [0.4, 0.5) is 5.69 Å². The van der Waals surface area contributed by atoms with Crippen molar-refractivity contribution in [2.75, 3.05) is 12.3 Å². The summed E-state index contributed by atoms with van der Waals surface area (Å²) in [5.74, 6) is 0. The van der Waals surface area contributed by atoms with Crippen molar-refractivity contribution in [1.29, 1.82) is 5.26 Å². The molecule has 12 heavy (non-hydrogen) atoms. The number of benzene rings is 1. The molecule has 0 aliphatic carbocycles. The molecule has 0 saturated heterocycles. The average molecular weight is 162 g/mol. The van der Waals surface area contributed by atoms with Crippen LogP contribution in [0.2, 0.25) is 0 Å². The molecular weight excluding hydrogens is 152 g/mol. The summed E-state index contributed by atoms with van der Waals surface area (Å²) in [4.78, 5) is 0. The van der Waals surface area contributed by atoms with Crippen LogP contribution in [0.1, 0.15) is 11.1 Å². The monoisotopic (exact) mass is 162 g/mol. The fraction of sp³-hybridized carbons (Fsp3) is 0.222. The fourth-order valence-corrected chi connectivity index (χ4v) is 1.06. The zero-order valence-corrected chi connectivity index (χ0v) is 6.62. The number of aliphatic hydroxyl groups is 1. The van der Waals surface area contributed by atoms with Crippen LogP contribution < -0.4 is 5.73 Å². The molecule has 0 saturated carbocycles. The number of nitrogens with two attached hydrogens (primary N) is 1. The molecule has 1 aromatic rings. The summed E-state index contributed by atoms with van der Waals surface area (Å²) < 4.78 is 0. The van der Waals surface area contributed by atoms with Crippen LogP contribution in [0.3, 0.4) is 0 Å². The Labute approximate surface area is 71.1 Å². The van der Waals surface area contributed by atoms with Crippen molar-refractivity contribution in [1.82, 2.24) is 0 Å². The highest BCUT2D eigenvalue weighted by Crippen LogP contribution is 2.11. The molecule has 0 fully saturated rings. The number of rotatable bonds is 2. The van der Waals surface area contributed by atoms with E-state index in [1.165, 1.54) is 0 Å². The summed E-state index contributed by atoms with van der Waals surface area (Å²) in [5, 5.41) is 17.2. The predicted molar refractivity (Wildman–Crippen MR) is 46.4 cm³/mol. The van der Waals surface area contributed by atoms with Crippen molar-refractivity contribution in [3.05, 3.63) is 29.3 Å². The molecule has 0 aliphatic heterocycles. The molecule has 3 nitrogen and oxygen atoms in total. The molecule has 1 aromatic carbocycles. The number of nitriles is 1. The van der Waals surface area contributed by atoms with E-state index in [1.807, 2.05) is 6.07 Å². The zero-order valence-electron chi connectivity index (χ0n) is 6.62. The van der Waals surface area contributed by atoms with Crippen molar-refractivity contribution >= 4 is 5.69 Å². The third-order valence-corrected chi connectivity index (χ3v) is 1.54. The van der Waals surface area contributed by atoms with Gasteiger partial charge in [-0.1, -0.05) is 0 Å². The van der Waals surface area contributed by atoms with E-state index in [2.05, 4.69) is 0 Å². The van der Waals surface area contributed by atoms with Crippen molar-refractivity contribution in [3.8, 4) is 6.07 Å². The maximum Gasteiger partial charge on any atom is 0.0992 e. The van der Waals surface area contributed by atoms with E-state index in [1.54, 1.807) is 18.2 Å². The third-order valence-electron chi connectivity index (χ3n) is 1.54. The minimum Gasteiger partial charge on any atom is -0.399 e. The van der Waals surface area contributed by atoms with Gasteiger partial charge in [0.05, 0.1) is 11.6 Å². The molecule has 0 aromatic heterocycles. The lowest BCUT2D eigenvalue weighted by Crippen LogP contribution is -1.94. The van der Waals surface area contributed by atoms with Gasteiger partial charge in [0.15, 0.2) is 0 Å². The second kappa shape index (κ2) is 3.74. The summed E-state index contributed by atoms with van der Waals surface area (Å²) in [6, 6.07) is 7.11. The van der Waals surface area contributed by atoms with Gasteiger partial charge in [0, 0.05) is 12.3 Å². The lowest BCUT2D eigenvalue weighted by molar-refractivity contribution is 0.299. The molecule has 3 N–H and O–H groups in total. The highest BCUT2D eigenvalue weighted by atomic mass is 16.2. The highest BCUT2D eigenvalue weighted by Gasteiger charge is 1.97. The second-order valence-electron chi connectivity index (χ2n) is 2.55. The van der Waals surface area contributed by atoms with Gasteiger partial charge in [0.25, 0.3) is 0 Å². The molecule has 0 heterocycles. The molecule has 3 heteroatoms. The molecular formula is C9H10N2O. The third kappa shape index (κ3) is 1.97. The van der Waals surface area contributed by atoms with E-state index in [0.29, 0.717) is 17.7 Å². The van der Waals surface area contributed by atoms with Crippen LogP contribution in [0.25, 0.3) is 0 Å². The molecule has 0 atom stereocenters. The summed E-state index contributed by atoms with van der Waals surface area (Å²) in [5.41, 5.74) is 7.54. The van der Waals surface area contributed by atoms with Crippen LogP contribution in [-0.2, 0) is 6.42 Å². The van der Waals surface area contributed by atoms with Gasteiger partial charge in [0.1, 0.15) is 0 Å². The Bertz CT molecular complexity index is 315. The number of anilines is 1. The summed E-state index contributed by atoms with van der Waals surface area (Å²) in [7, 11) is 0. The van der Waals surface area contributed by atoms with Crippen molar-refractivity contribution in [2.45, 2.75) is 6.42 Å². The van der Waals surface area contributed by atoms with Gasteiger partial charge >= 0.3 is 0 Å². The van der Waals surface area contributed by atoms with Gasteiger partial charge < -0.3 is 10.8 Å². The van der Waals surface area contributed by atoms with Crippen LogP contribution in [0.15, 0.2) is 18.2 Å². The zero-order chi connectivity index (χ0) is 8.97. The Morgan fingerprint density at radius 1 is 1.42 bits per heavy atom. The Hall–Kier alpha value is -1.53. The van der Waals surface area contributed by atoms with Crippen LogP contribution in [0.5, 0.6) is 0 Å². The SMILES string of the molecule is N#Cc1cc(N)cc(CCO)c1. The Morgan fingerprint density at radius 2 is 2.17 bits per heavy atom. The lowest BCUT2D eigenvalue weighted by atomic mass is 10.1. The maximum atomic E-state index is 8.65. The Morgan fingerprint density at radius 3 is 2.75 bits per heavy atom. The van der Waals surface area contributed by atoms with Gasteiger partial charge in [-0.15, -0.1) is 0 Å². The molecule has 0 unspecified atom stereocenters. The largest absolute Gasteiger partial charge is 0.399 e. The van der Waals surface area contributed by atoms with E-state index in [4.69, 9.17) is 16.1 Å². The Balaban J connectivity index is 3.00. The standard InChI is InChI=1S/C9H10N2O/c10-6-8-3-7(1-2-12)4-9(11)5-8/h3-5,12H,1-2,11H2. The predicted octanol–water partition coefficient (Wildman–Crippen LogP) is 0.675. The second-order valence-corrected chi connectivity index (χ2v) is 2.55. The first-order valence-electron chi connectivity index (χ1n) is 3.66. The first kappa shape index (κ1) is 8.57. The van der Waals surface area contributed by atoms with Crippen molar-refractivity contribution in [3.63, 3.8) is 0 Å². The summed E-state index contributed by atoms with van der Waals surface area (Å²) in [6.07, 6.45) is 0.541. The molecule has 0 amide bonds. The first-order valence-corrected chi connectivity index (χ1v) is 3.66. The van der Waals surface area contributed by atoms with Crippen molar-refractivity contribution < 1.29 is 5.11 Å². The number of aliphatic hydroxyl groups excluding tert-OH is 1. The number of hydrogen-bond acceptors (Lipinski definition) is 3. The smallest absolute Gasteiger partial charge is 0.0992 e. The number of hydrogen-bond donors (Lipinski definition) is 2. The molecule has 0 aliphatic rings. The molecule has 0 spiro atoms. The van der Waals surface area contributed by atoms with Crippen LogP contribution in [-0.4, -0.2) is 11.7 Å². The van der Waals surface area contributed by atoms with E-state index in [9.17, 15) is 0 Å². The summed E-state index contributed by atoms with van der Waals surface area (Å²) in [6.45, 7) is 0.0777. The van der Waals surface area contributed by atoms with Crippen molar-refractivity contribution in [2.24, 2.45) is 0 Å². The van der Waals surface area contributed by atoms with Gasteiger partial charge in [0.2, 0.25) is 0 Å². The van der Waals surface area contributed by atoms with Crippen LogP contribution >= 0.6 is 0 Å². The van der Waals surface area contributed by atoms with E-state index >= 15 is 0 Å². The number of nitrogen functional groups attached to an aromatic ring is 1. The lowest BCUT2D eigenvalue weighted by Gasteiger charge is -2.00. The highest BCUT2D eigenvalue weighted by molar-refractivity contribution is 5.48. The molecule has 62 valence electrons. The quantitative estimate of drug-likeness (QED) is 0.628. The molecule has 0 bridgehead atoms. The maximum absolute atomic E-state index is 8.65. The van der Waals surface area contributed by atoms with Gasteiger partial charge in [-0.25, -0.2) is 0 Å². The van der Waals surface area contributed by atoms with E-state index in [0.717, 1.165) is 5.56 Å². The Kier molecular flexibility index (Phi) is 2.67.